The molecule has 0 saturated carbocycles. The Balaban J connectivity index is 1.90. The highest BCUT2D eigenvalue weighted by atomic mass is 16.5. The van der Waals surface area contributed by atoms with Gasteiger partial charge in [0.15, 0.2) is 12.4 Å². The average Bonchev–Trinajstić information content (AvgIpc) is 2.59. The molecule has 4 heteroatoms. The molecule has 0 aliphatic carbocycles. The molecule has 0 N–H and O–H groups in total. The summed E-state index contributed by atoms with van der Waals surface area (Å²) in [6.45, 7) is 3.51. The number of rotatable bonds is 4. The summed E-state index contributed by atoms with van der Waals surface area (Å²) in [4.78, 5) is 14.8. The van der Waals surface area contributed by atoms with E-state index in [4.69, 9.17) is 4.74 Å². The van der Waals surface area contributed by atoms with Gasteiger partial charge in [-0.3, -0.25) is 9.69 Å². The van der Waals surface area contributed by atoms with Gasteiger partial charge in [-0.05, 0) is 24.6 Å². The van der Waals surface area contributed by atoms with Gasteiger partial charge in [0.05, 0.1) is 19.3 Å². The minimum atomic E-state index is -0.0528. The molecule has 23 heavy (non-hydrogen) atoms. The molecule has 2 heterocycles. The van der Waals surface area contributed by atoms with Crippen LogP contribution in [-0.2, 0) is 16.1 Å². The van der Waals surface area contributed by atoms with Crippen molar-refractivity contribution in [1.82, 2.24) is 0 Å². The third-order valence-corrected chi connectivity index (χ3v) is 4.03. The Morgan fingerprint density at radius 1 is 1.17 bits per heavy atom. The van der Waals surface area contributed by atoms with Gasteiger partial charge in [0.25, 0.3) is 5.91 Å². The minimum absolute atomic E-state index is 0.0515. The zero-order valence-electron chi connectivity index (χ0n) is 13.3. The normalized spacial score (nSPS) is 17.4. The van der Waals surface area contributed by atoms with E-state index in [9.17, 15) is 4.79 Å². The molecule has 1 aromatic heterocycles. The van der Waals surface area contributed by atoms with Crippen molar-refractivity contribution in [2.75, 3.05) is 18.1 Å². The van der Waals surface area contributed by atoms with Crippen molar-refractivity contribution < 1.29 is 14.1 Å². The number of anilines is 1. The Kier molecular flexibility index (Phi) is 4.83. The molecule has 4 nitrogen and oxygen atoms in total. The summed E-state index contributed by atoms with van der Waals surface area (Å²) < 4.78 is 7.47. The second-order valence-corrected chi connectivity index (χ2v) is 5.65. The predicted octanol–water partition coefficient (Wildman–Crippen LogP) is 2.35. The zero-order valence-corrected chi connectivity index (χ0v) is 13.3. The fraction of sp³-hybridized carbons (Fsp3) is 0.263. The first-order valence-corrected chi connectivity index (χ1v) is 7.81. The summed E-state index contributed by atoms with van der Waals surface area (Å²) in [5.74, 6) is 0.0515. The lowest BCUT2D eigenvalue weighted by atomic mass is 10.0. The third-order valence-electron chi connectivity index (χ3n) is 4.03. The Labute approximate surface area is 136 Å². The molecule has 1 aliphatic heterocycles. The number of ether oxygens (including phenoxy) is 1. The van der Waals surface area contributed by atoms with Crippen LogP contribution >= 0.6 is 0 Å². The van der Waals surface area contributed by atoms with Gasteiger partial charge in [0, 0.05) is 17.8 Å². The van der Waals surface area contributed by atoms with Crippen molar-refractivity contribution in [1.29, 1.82) is 0 Å². The summed E-state index contributed by atoms with van der Waals surface area (Å²) in [5, 5.41) is 0. The summed E-state index contributed by atoms with van der Waals surface area (Å²) in [7, 11) is 0. The first-order valence-electron chi connectivity index (χ1n) is 7.81. The highest BCUT2D eigenvalue weighted by molar-refractivity contribution is 5.93. The van der Waals surface area contributed by atoms with Gasteiger partial charge in [0.1, 0.15) is 0 Å². The van der Waals surface area contributed by atoms with Crippen molar-refractivity contribution in [2.45, 2.75) is 19.5 Å². The number of hydrogen-bond acceptors (Lipinski definition) is 2. The minimum Gasteiger partial charge on any atom is -0.375 e. The van der Waals surface area contributed by atoms with Crippen LogP contribution in [0.15, 0.2) is 72.6 Å². The molecular formula is C19H21N2O2+. The Morgan fingerprint density at radius 3 is 2.57 bits per heavy atom. The molecule has 1 amide bonds. The number of para-hydroxylation sites is 1. The summed E-state index contributed by atoms with van der Waals surface area (Å²) in [6.07, 6.45) is 5.86. The molecule has 0 spiro atoms. The summed E-state index contributed by atoms with van der Waals surface area (Å²) in [6, 6.07) is 15.5. The van der Waals surface area contributed by atoms with Crippen molar-refractivity contribution in [3.05, 3.63) is 72.6 Å². The standard InChI is InChI=1S/C19H21N2O2/c1-16-10-13-23-15-18(16)21(17-8-4-2-5-9-17)19(22)14-20-11-6-3-7-12-20/h2-12,18H,13-15H2,1H3/q+1. The molecule has 1 aromatic carbocycles. The van der Waals surface area contributed by atoms with Crippen LogP contribution in [-0.4, -0.2) is 25.2 Å². The SMILES string of the molecule is CC1=CCOCC1N(C(=O)C[n+]1ccccc1)c1ccccc1. The molecule has 1 unspecified atom stereocenters. The quantitative estimate of drug-likeness (QED) is 0.642. The van der Waals surface area contributed by atoms with Crippen LogP contribution in [0.3, 0.4) is 0 Å². The maximum absolute atomic E-state index is 13.0. The predicted molar refractivity (Wildman–Crippen MR) is 88.9 cm³/mol. The summed E-state index contributed by atoms with van der Waals surface area (Å²) in [5.41, 5.74) is 2.07. The molecule has 2 aromatic rings. The number of carbonyl (C=O) groups is 1. The van der Waals surface area contributed by atoms with E-state index < -0.39 is 0 Å². The number of aromatic nitrogens is 1. The molecule has 0 bridgehead atoms. The smallest absolute Gasteiger partial charge is 0.293 e. The van der Waals surface area contributed by atoms with Crippen molar-refractivity contribution in [3.63, 3.8) is 0 Å². The van der Waals surface area contributed by atoms with Gasteiger partial charge in [-0.2, -0.15) is 4.57 Å². The van der Waals surface area contributed by atoms with Crippen LogP contribution < -0.4 is 9.47 Å². The molecule has 1 aliphatic rings. The maximum Gasteiger partial charge on any atom is 0.293 e. The maximum atomic E-state index is 13.0. The Bertz CT molecular complexity index is 683. The van der Waals surface area contributed by atoms with Crippen molar-refractivity contribution >= 4 is 11.6 Å². The number of amides is 1. The van der Waals surface area contributed by atoms with Crippen LogP contribution in [0.5, 0.6) is 0 Å². The van der Waals surface area contributed by atoms with Crippen LogP contribution in [0.1, 0.15) is 6.92 Å². The van der Waals surface area contributed by atoms with E-state index in [0.29, 0.717) is 19.8 Å². The second-order valence-electron chi connectivity index (χ2n) is 5.65. The number of carbonyl (C=O) groups excluding carboxylic acids is 1. The lowest BCUT2D eigenvalue weighted by molar-refractivity contribution is -0.684. The Hall–Kier alpha value is -2.46. The third kappa shape index (κ3) is 3.66. The monoisotopic (exact) mass is 309 g/mol. The van der Waals surface area contributed by atoms with Crippen LogP contribution in [0.4, 0.5) is 5.69 Å². The van der Waals surface area contributed by atoms with E-state index in [-0.39, 0.29) is 11.9 Å². The zero-order chi connectivity index (χ0) is 16.1. The summed E-state index contributed by atoms with van der Waals surface area (Å²) >= 11 is 0. The van der Waals surface area contributed by atoms with Crippen LogP contribution in [0.2, 0.25) is 0 Å². The van der Waals surface area contributed by atoms with E-state index in [1.807, 2.05) is 76.5 Å². The Morgan fingerprint density at radius 2 is 1.87 bits per heavy atom. The average molecular weight is 309 g/mol. The van der Waals surface area contributed by atoms with Gasteiger partial charge >= 0.3 is 0 Å². The number of pyridine rings is 1. The van der Waals surface area contributed by atoms with Gasteiger partial charge < -0.3 is 4.74 Å². The first-order chi connectivity index (χ1) is 11.3. The van der Waals surface area contributed by atoms with E-state index in [2.05, 4.69) is 6.92 Å². The topological polar surface area (TPSA) is 33.4 Å². The van der Waals surface area contributed by atoms with E-state index >= 15 is 0 Å². The van der Waals surface area contributed by atoms with E-state index in [0.717, 1.165) is 5.69 Å². The molecule has 3 rings (SSSR count). The second kappa shape index (κ2) is 7.20. The van der Waals surface area contributed by atoms with Crippen molar-refractivity contribution in [2.24, 2.45) is 0 Å². The molecule has 0 saturated heterocycles. The van der Waals surface area contributed by atoms with Gasteiger partial charge in [-0.1, -0.05) is 30.3 Å². The van der Waals surface area contributed by atoms with Crippen LogP contribution in [0, 0.1) is 0 Å². The van der Waals surface area contributed by atoms with Gasteiger partial charge in [-0.15, -0.1) is 0 Å². The highest BCUT2D eigenvalue weighted by Crippen LogP contribution is 2.23. The molecule has 1 atom stereocenters. The van der Waals surface area contributed by atoms with Gasteiger partial charge in [0.2, 0.25) is 6.54 Å². The number of hydrogen-bond donors (Lipinski definition) is 0. The molecule has 0 radical (unpaired) electrons. The van der Waals surface area contributed by atoms with Crippen molar-refractivity contribution in [3.8, 4) is 0 Å². The largest absolute Gasteiger partial charge is 0.375 e. The number of benzene rings is 1. The molecule has 0 fully saturated rings. The fourth-order valence-electron chi connectivity index (χ4n) is 2.77. The first kappa shape index (κ1) is 15.4. The molecule has 118 valence electrons. The van der Waals surface area contributed by atoms with E-state index in [1.165, 1.54) is 5.57 Å². The van der Waals surface area contributed by atoms with Gasteiger partial charge in [-0.25, -0.2) is 0 Å². The lowest BCUT2D eigenvalue weighted by Gasteiger charge is -2.33. The van der Waals surface area contributed by atoms with E-state index in [1.54, 1.807) is 0 Å². The molecular weight excluding hydrogens is 288 g/mol. The highest BCUT2D eigenvalue weighted by Gasteiger charge is 2.30. The lowest BCUT2D eigenvalue weighted by Crippen LogP contribution is -2.51. The fourth-order valence-corrected chi connectivity index (χ4v) is 2.77. The van der Waals surface area contributed by atoms with Crippen LogP contribution in [0.25, 0.3) is 0 Å². The number of nitrogens with zero attached hydrogens (tertiary/aromatic N) is 2.